The highest BCUT2D eigenvalue weighted by atomic mass is 35.5. The first-order valence-electron chi connectivity index (χ1n) is 7.09. The molecule has 2 rings (SSSR count). The number of rotatable bonds is 5. The lowest BCUT2D eigenvalue weighted by Gasteiger charge is -2.18. The van der Waals surface area contributed by atoms with Gasteiger partial charge in [0.15, 0.2) is 6.10 Å². The fourth-order valence-corrected chi connectivity index (χ4v) is 2.67. The molecule has 0 aliphatic rings. The third-order valence-corrected chi connectivity index (χ3v) is 4.06. The highest BCUT2D eigenvalue weighted by Crippen LogP contribution is 2.24. The Labute approximate surface area is 150 Å². The summed E-state index contributed by atoms with van der Waals surface area (Å²) in [5, 5.41) is 4.33. The molecule has 1 amide bonds. The molecule has 0 fully saturated rings. The van der Waals surface area contributed by atoms with Gasteiger partial charge in [0.25, 0.3) is 5.91 Å². The van der Waals surface area contributed by atoms with Crippen LogP contribution >= 0.6 is 34.8 Å². The van der Waals surface area contributed by atoms with Crippen LogP contribution in [0.25, 0.3) is 0 Å². The molecule has 0 aromatic heterocycles. The van der Waals surface area contributed by atoms with E-state index in [9.17, 15) is 4.79 Å². The minimum atomic E-state index is -0.631. The Hall–Kier alpha value is -1.42. The first-order chi connectivity index (χ1) is 10.9. The summed E-state index contributed by atoms with van der Waals surface area (Å²) >= 11 is 17.8. The zero-order valence-corrected chi connectivity index (χ0v) is 15.0. The third-order valence-electron chi connectivity index (χ3n) is 3.20. The summed E-state index contributed by atoms with van der Waals surface area (Å²) in [4.78, 5) is 12.4. The predicted molar refractivity (Wildman–Crippen MR) is 96.0 cm³/mol. The van der Waals surface area contributed by atoms with Gasteiger partial charge in [0.05, 0.1) is 0 Å². The summed E-state index contributed by atoms with van der Waals surface area (Å²) in [7, 11) is 0. The van der Waals surface area contributed by atoms with Crippen LogP contribution in [-0.2, 0) is 4.79 Å². The van der Waals surface area contributed by atoms with Crippen molar-refractivity contribution in [2.24, 2.45) is 0 Å². The Bertz CT molecular complexity index is 699. The highest BCUT2D eigenvalue weighted by molar-refractivity contribution is 6.35. The van der Waals surface area contributed by atoms with Crippen LogP contribution in [0, 0.1) is 6.92 Å². The molecule has 0 saturated carbocycles. The number of halogens is 3. The van der Waals surface area contributed by atoms with Gasteiger partial charge in [-0.2, -0.15) is 0 Å². The molecular weight excluding hydrogens is 357 g/mol. The first-order valence-corrected chi connectivity index (χ1v) is 8.22. The van der Waals surface area contributed by atoms with E-state index in [1.165, 1.54) is 0 Å². The molecular formula is C17H16Cl3NO2. The molecule has 0 bridgehead atoms. The first kappa shape index (κ1) is 17.9. The van der Waals surface area contributed by atoms with Gasteiger partial charge in [-0.1, -0.05) is 41.7 Å². The second kappa shape index (κ2) is 7.91. The van der Waals surface area contributed by atoms with Crippen LogP contribution in [0.3, 0.4) is 0 Å². The molecule has 3 nitrogen and oxygen atoms in total. The fourth-order valence-electron chi connectivity index (χ4n) is 2.03. The van der Waals surface area contributed by atoms with Crippen LogP contribution in [0.1, 0.15) is 18.9 Å². The average Bonchev–Trinajstić information content (AvgIpc) is 2.47. The van der Waals surface area contributed by atoms with Crippen molar-refractivity contribution in [3.05, 3.63) is 57.0 Å². The number of anilines is 1. The maximum absolute atomic E-state index is 12.4. The van der Waals surface area contributed by atoms with E-state index in [4.69, 9.17) is 39.5 Å². The molecule has 0 aliphatic carbocycles. The third kappa shape index (κ3) is 5.03. The summed E-state index contributed by atoms with van der Waals surface area (Å²) in [6.45, 7) is 3.75. The maximum atomic E-state index is 12.4. The normalized spacial score (nSPS) is 11.9. The van der Waals surface area contributed by atoms with Gasteiger partial charge in [-0.3, -0.25) is 4.79 Å². The SMILES string of the molecule is CC[C@@H](Oc1ccc(Cl)c(C)c1)C(=O)Nc1cc(Cl)cc(Cl)c1. The Balaban J connectivity index is 2.10. The predicted octanol–water partition coefficient (Wildman–Crippen LogP) is 5.75. The van der Waals surface area contributed by atoms with Gasteiger partial charge in [0.1, 0.15) is 5.75 Å². The van der Waals surface area contributed by atoms with Crippen LogP contribution in [0.5, 0.6) is 5.75 Å². The molecule has 2 aromatic rings. The topological polar surface area (TPSA) is 38.3 Å². The van der Waals surface area contributed by atoms with E-state index in [0.717, 1.165) is 5.56 Å². The maximum Gasteiger partial charge on any atom is 0.265 e. The Morgan fingerprint density at radius 1 is 1.13 bits per heavy atom. The molecule has 0 aliphatic heterocycles. The number of aryl methyl sites for hydroxylation is 1. The van der Waals surface area contributed by atoms with E-state index in [1.54, 1.807) is 36.4 Å². The van der Waals surface area contributed by atoms with Crippen molar-refractivity contribution in [2.75, 3.05) is 5.32 Å². The number of hydrogen-bond acceptors (Lipinski definition) is 2. The number of carbonyl (C=O) groups is 1. The quantitative estimate of drug-likeness (QED) is 0.725. The van der Waals surface area contributed by atoms with Crippen LogP contribution in [0.2, 0.25) is 15.1 Å². The van der Waals surface area contributed by atoms with Gasteiger partial charge < -0.3 is 10.1 Å². The van der Waals surface area contributed by atoms with Crippen LogP contribution in [-0.4, -0.2) is 12.0 Å². The lowest BCUT2D eigenvalue weighted by molar-refractivity contribution is -0.122. The Morgan fingerprint density at radius 3 is 2.35 bits per heavy atom. The lowest BCUT2D eigenvalue weighted by atomic mass is 10.2. The molecule has 1 N–H and O–H groups in total. The fraction of sp³-hybridized carbons (Fsp3) is 0.235. The largest absolute Gasteiger partial charge is 0.481 e. The number of carbonyl (C=O) groups excluding carboxylic acids is 1. The number of nitrogens with one attached hydrogen (secondary N) is 1. The Morgan fingerprint density at radius 2 is 1.78 bits per heavy atom. The van der Waals surface area contributed by atoms with E-state index < -0.39 is 6.10 Å². The van der Waals surface area contributed by atoms with Gasteiger partial charge in [-0.05, 0) is 55.3 Å². The molecule has 0 saturated heterocycles. The Kier molecular flexibility index (Phi) is 6.17. The van der Waals surface area contributed by atoms with E-state index in [0.29, 0.717) is 32.9 Å². The number of amides is 1. The molecule has 6 heteroatoms. The number of hydrogen-bond donors (Lipinski definition) is 1. The van der Waals surface area contributed by atoms with Crippen molar-refractivity contribution >= 4 is 46.4 Å². The van der Waals surface area contributed by atoms with Crippen LogP contribution < -0.4 is 10.1 Å². The zero-order chi connectivity index (χ0) is 17.0. The molecule has 0 heterocycles. The van der Waals surface area contributed by atoms with Gasteiger partial charge in [-0.15, -0.1) is 0 Å². The molecule has 0 spiro atoms. The molecule has 0 unspecified atom stereocenters. The van der Waals surface area contributed by atoms with Crippen molar-refractivity contribution in [1.82, 2.24) is 0 Å². The summed E-state index contributed by atoms with van der Waals surface area (Å²) < 4.78 is 5.76. The average molecular weight is 373 g/mol. The minimum absolute atomic E-state index is 0.265. The summed E-state index contributed by atoms with van der Waals surface area (Å²) in [5.41, 5.74) is 1.42. The van der Waals surface area contributed by atoms with E-state index in [2.05, 4.69) is 5.32 Å². The van der Waals surface area contributed by atoms with Crippen molar-refractivity contribution < 1.29 is 9.53 Å². The van der Waals surface area contributed by atoms with Crippen LogP contribution in [0.15, 0.2) is 36.4 Å². The van der Waals surface area contributed by atoms with Gasteiger partial charge in [-0.25, -0.2) is 0 Å². The molecule has 2 aromatic carbocycles. The summed E-state index contributed by atoms with van der Waals surface area (Å²) in [6, 6.07) is 10.1. The highest BCUT2D eigenvalue weighted by Gasteiger charge is 2.19. The molecule has 1 atom stereocenters. The monoisotopic (exact) mass is 371 g/mol. The van der Waals surface area contributed by atoms with E-state index in [-0.39, 0.29) is 5.91 Å². The van der Waals surface area contributed by atoms with E-state index >= 15 is 0 Å². The van der Waals surface area contributed by atoms with E-state index in [1.807, 2.05) is 13.8 Å². The van der Waals surface area contributed by atoms with Gasteiger partial charge in [0, 0.05) is 20.8 Å². The van der Waals surface area contributed by atoms with Crippen LogP contribution in [0.4, 0.5) is 5.69 Å². The standard InChI is InChI=1S/C17H16Cl3NO2/c1-3-16(23-14-4-5-15(20)10(2)6-14)17(22)21-13-8-11(18)7-12(19)9-13/h4-9,16H,3H2,1-2H3,(H,21,22)/t16-/m1/s1. The summed E-state index contributed by atoms with van der Waals surface area (Å²) in [6.07, 6.45) is -0.115. The van der Waals surface area contributed by atoms with Gasteiger partial charge in [0.2, 0.25) is 0 Å². The summed E-state index contributed by atoms with van der Waals surface area (Å²) in [5.74, 6) is 0.330. The second-order valence-corrected chi connectivity index (χ2v) is 6.35. The number of ether oxygens (including phenoxy) is 1. The van der Waals surface area contributed by atoms with Gasteiger partial charge >= 0.3 is 0 Å². The zero-order valence-electron chi connectivity index (χ0n) is 12.7. The minimum Gasteiger partial charge on any atom is -0.481 e. The smallest absolute Gasteiger partial charge is 0.265 e. The second-order valence-electron chi connectivity index (χ2n) is 5.07. The van der Waals surface area contributed by atoms with Crippen molar-refractivity contribution in [1.29, 1.82) is 0 Å². The van der Waals surface area contributed by atoms with Crippen molar-refractivity contribution in [2.45, 2.75) is 26.4 Å². The molecule has 23 heavy (non-hydrogen) atoms. The van der Waals surface area contributed by atoms with Crippen molar-refractivity contribution in [3.63, 3.8) is 0 Å². The van der Waals surface area contributed by atoms with Crippen molar-refractivity contribution in [3.8, 4) is 5.75 Å². The lowest BCUT2D eigenvalue weighted by Crippen LogP contribution is -2.32. The molecule has 122 valence electrons. The number of benzene rings is 2. The molecule has 0 radical (unpaired) electrons.